The zero-order chi connectivity index (χ0) is 19.4. The lowest BCUT2D eigenvalue weighted by molar-refractivity contribution is -0.0221. The number of rotatable bonds is 8. The molecule has 0 aliphatic carbocycles. The second-order valence-electron chi connectivity index (χ2n) is 5.78. The predicted octanol–water partition coefficient (Wildman–Crippen LogP) is 4.03. The third-order valence-electron chi connectivity index (χ3n) is 4.48. The molecule has 7 nitrogen and oxygen atoms in total. The molecule has 1 atom stereocenters. The van der Waals surface area contributed by atoms with Gasteiger partial charge in [-0.1, -0.05) is 13.8 Å². The first-order chi connectivity index (χ1) is 12.4. The first kappa shape index (κ1) is 22.9. The van der Waals surface area contributed by atoms with Crippen LogP contribution in [0.2, 0.25) is 0 Å². The topological polar surface area (TPSA) is 70.4 Å². The molecule has 0 radical (unpaired) electrons. The van der Waals surface area contributed by atoms with Gasteiger partial charge in [0.2, 0.25) is 11.5 Å². The highest BCUT2D eigenvalue weighted by atomic mass is 35.5. The Balaban J connectivity index is 0.00000364. The number of nitrogens with zero attached hydrogens (tertiary/aromatic N) is 1. The van der Waals surface area contributed by atoms with Gasteiger partial charge >= 0.3 is 5.97 Å². The third kappa shape index (κ3) is 4.25. The molecule has 1 unspecified atom stereocenters. The van der Waals surface area contributed by atoms with Crippen molar-refractivity contribution in [1.82, 2.24) is 4.90 Å². The van der Waals surface area contributed by atoms with Crippen LogP contribution in [0, 0.1) is 6.92 Å². The van der Waals surface area contributed by atoms with Gasteiger partial charge in [-0.25, -0.2) is 4.79 Å². The van der Waals surface area contributed by atoms with Crippen LogP contribution in [0.15, 0.2) is 10.5 Å². The molecule has 1 aromatic carbocycles. The highest BCUT2D eigenvalue weighted by Crippen LogP contribution is 2.46. The molecule has 27 heavy (non-hydrogen) atoms. The van der Waals surface area contributed by atoms with Gasteiger partial charge in [0.05, 0.1) is 26.7 Å². The minimum atomic E-state index is -0.548. The molecule has 2 rings (SSSR count). The van der Waals surface area contributed by atoms with Crippen molar-refractivity contribution < 1.29 is 28.2 Å². The number of esters is 1. The summed E-state index contributed by atoms with van der Waals surface area (Å²) in [6, 6.07) is 1.76. The fraction of sp³-hybridized carbons (Fsp3) is 0.526. The van der Waals surface area contributed by atoms with Crippen molar-refractivity contribution in [3.8, 4) is 17.2 Å². The molecular weight excluding hydrogens is 374 g/mol. The number of fused-ring (bicyclic) bond motifs is 1. The van der Waals surface area contributed by atoms with Gasteiger partial charge in [-0.2, -0.15) is 0 Å². The molecule has 0 saturated heterocycles. The van der Waals surface area contributed by atoms with E-state index in [1.807, 2.05) is 25.7 Å². The lowest BCUT2D eigenvalue weighted by Gasteiger charge is -2.25. The maximum atomic E-state index is 12.8. The SMILES string of the molecule is CCN(CC)C(C)OC(=O)c1oc(C)c2cc(OC)c(OC)c(OC)c12.Cl. The van der Waals surface area contributed by atoms with Crippen molar-refractivity contribution in [1.29, 1.82) is 0 Å². The average Bonchev–Trinajstić information content (AvgIpc) is 2.97. The molecule has 0 aliphatic rings. The van der Waals surface area contributed by atoms with Gasteiger partial charge in [0.1, 0.15) is 5.76 Å². The monoisotopic (exact) mass is 401 g/mol. The Hall–Kier alpha value is -2.12. The van der Waals surface area contributed by atoms with E-state index in [-0.39, 0.29) is 24.4 Å². The van der Waals surface area contributed by atoms with Crippen LogP contribution < -0.4 is 14.2 Å². The van der Waals surface area contributed by atoms with Crippen molar-refractivity contribution in [3.05, 3.63) is 17.6 Å². The summed E-state index contributed by atoms with van der Waals surface area (Å²) in [5.74, 6) is 1.39. The van der Waals surface area contributed by atoms with Crippen LogP contribution in [0.1, 0.15) is 37.1 Å². The van der Waals surface area contributed by atoms with E-state index in [1.54, 1.807) is 20.1 Å². The van der Waals surface area contributed by atoms with Crippen molar-refractivity contribution in [3.63, 3.8) is 0 Å². The molecule has 0 spiro atoms. The summed E-state index contributed by atoms with van der Waals surface area (Å²) in [4.78, 5) is 14.8. The number of carbonyl (C=O) groups excluding carboxylic acids is 1. The number of benzene rings is 1. The molecule has 152 valence electrons. The molecule has 1 aromatic heterocycles. The summed E-state index contributed by atoms with van der Waals surface area (Å²) < 4.78 is 27.6. The molecule has 0 bridgehead atoms. The number of furan rings is 1. The van der Waals surface area contributed by atoms with E-state index >= 15 is 0 Å². The standard InChI is InChI=1S/C19H27NO6.ClH/c1-8-20(9-2)12(4)26-19(21)18-15-13(11(3)25-18)10-14(22-5)16(23-6)17(15)24-7;/h10,12H,8-9H2,1-7H3;1H. The number of hydrogen-bond donors (Lipinski definition) is 0. The Morgan fingerprint density at radius 2 is 1.70 bits per heavy atom. The second kappa shape index (κ2) is 9.71. The van der Waals surface area contributed by atoms with Crippen molar-refractivity contribution in [2.45, 2.75) is 33.9 Å². The summed E-state index contributed by atoms with van der Waals surface area (Å²) in [6.45, 7) is 9.19. The van der Waals surface area contributed by atoms with E-state index in [4.69, 9.17) is 23.4 Å². The number of aryl methyl sites for hydroxylation is 1. The Kier molecular flexibility index (Phi) is 8.24. The number of ether oxygens (including phenoxy) is 4. The molecule has 0 aliphatic heterocycles. The fourth-order valence-electron chi connectivity index (χ4n) is 3.08. The molecular formula is C19H28ClNO6. The summed E-state index contributed by atoms with van der Waals surface area (Å²) in [5, 5.41) is 1.22. The fourth-order valence-corrected chi connectivity index (χ4v) is 3.08. The molecule has 1 heterocycles. The Labute approximate surface area is 165 Å². The van der Waals surface area contributed by atoms with Crippen LogP contribution in [0.5, 0.6) is 17.2 Å². The molecule has 8 heteroatoms. The van der Waals surface area contributed by atoms with Crippen LogP contribution >= 0.6 is 12.4 Å². The smallest absolute Gasteiger partial charge is 0.376 e. The highest BCUT2D eigenvalue weighted by molar-refractivity contribution is 6.08. The number of methoxy groups -OCH3 is 3. The van der Waals surface area contributed by atoms with E-state index in [2.05, 4.69) is 0 Å². The first-order valence-corrected chi connectivity index (χ1v) is 8.60. The molecule has 0 amide bonds. The van der Waals surface area contributed by atoms with E-state index in [1.165, 1.54) is 14.2 Å². The molecule has 0 N–H and O–H groups in total. The highest BCUT2D eigenvalue weighted by Gasteiger charge is 2.28. The van der Waals surface area contributed by atoms with Crippen molar-refractivity contribution >= 4 is 29.1 Å². The molecule has 0 fully saturated rings. The van der Waals surface area contributed by atoms with Crippen molar-refractivity contribution in [2.24, 2.45) is 0 Å². The van der Waals surface area contributed by atoms with Crippen molar-refractivity contribution in [2.75, 3.05) is 34.4 Å². The van der Waals surface area contributed by atoms with Crippen LogP contribution in [-0.2, 0) is 4.74 Å². The van der Waals surface area contributed by atoms with Gasteiger partial charge in [-0.15, -0.1) is 12.4 Å². The van der Waals surface area contributed by atoms with Gasteiger partial charge in [-0.05, 0) is 33.0 Å². The summed E-state index contributed by atoms with van der Waals surface area (Å²) >= 11 is 0. The molecule has 2 aromatic rings. The lowest BCUT2D eigenvalue weighted by Crippen LogP contribution is -2.36. The van der Waals surface area contributed by atoms with E-state index in [0.717, 1.165) is 13.1 Å². The lowest BCUT2D eigenvalue weighted by atomic mass is 10.1. The van der Waals surface area contributed by atoms with E-state index < -0.39 is 5.97 Å². The summed E-state index contributed by atoms with van der Waals surface area (Å²) in [7, 11) is 4.56. The number of carbonyl (C=O) groups is 1. The van der Waals surface area contributed by atoms with Gasteiger partial charge in [0.15, 0.2) is 17.7 Å². The van der Waals surface area contributed by atoms with Gasteiger partial charge in [0, 0.05) is 5.39 Å². The van der Waals surface area contributed by atoms with E-state index in [0.29, 0.717) is 33.8 Å². The zero-order valence-electron chi connectivity index (χ0n) is 16.9. The maximum absolute atomic E-state index is 12.8. The van der Waals surface area contributed by atoms with Crippen LogP contribution in [-0.4, -0.2) is 51.5 Å². The predicted molar refractivity (Wildman–Crippen MR) is 106 cm³/mol. The van der Waals surface area contributed by atoms with Gasteiger partial charge in [-0.3, -0.25) is 4.90 Å². The Bertz CT molecular complexity index is 784. The van der Waals surface area contributed by atoms with Crippen LogP contribution in [0.3, 0.4) is 0 Å². The van der Waals surface area contributed by atoms with Crippen LogP contribution in [0.25, 0.3) is 10.8 Å². The minimum absolute atomic E-state index is 0. The van der Waals surface area contributed by atoms with Gasteiger partial charge in [0.25, 0.3) is 0 Å². The third-order valence-corrected chi connectivity index (χ3v) is 4.48. The minimum Gasteiger partial charge on any atom is -0.493 e. The average molecular weight is 402 g/mol. The summed E-state index contributed by atoms with van der Waals surface area (Å²) in [5.41, 5.74) is 0. The molecule has 0 saturated carbocycles. The normalized spacial score (nSPS) is 11.9. The summed E-state index contributed by atoms with van der Waals surface area (Å²) in [6.07, 6.45) is -0.371. The Morgan fingerprint density at radius 1 is 1.11 bits per heavy atom. The maximum Gasteiger partial charge on any atom is 0.376 e. The first-order valence-electron chi connectivity index (χ1n) is 8.60. The number of halogens is 1. The number of hydrogen-bond acceptors (Lipinski definition) is 7. The zero-order valence-corrected chi connectivity index (χ0v) is 17.7. The van der Waals surface area contributed by atoms with Crippen LogP contribution in [0.4, 0.5) is 0 Å². The van der Waals surface area contributed by atoms with Gasteiger partial charge < -0.3 is 23.4 Å². The Morgan fingerprint density at radius 3 is 2.19 bits per heavy atom. The largest absolute Gasteiger partial charge is 0.493 e. The quantitative estimate of drug-likeness (QED) is 0.488. The van der Waals surface area contributed by atoms with E-state index in [9.17, 15) is 4.79 Å². The second-order valence-corrected chi connectivity index (χ2v) is 5.78.